The van der Waals surface area contributed by atoms with Gasteiger partial charge in [0, 0.05) is 69.0 Å². The minimum atomic E-state index is -0.500. The fourth-order valence-corrected chi connectivity index (χ4v) is 4.83. The molecule has 196 valence electrons. The number of anilines is 2. The fraction of sp³-hybridized carbons (Fsp3) is 0.276. The largest absolute Gasteiger partial charge is 0.366 e. The van der Waals surface area contributed by atoms with E-state index in [1.165, 1.54) is 18.2 Å². The normalized spacial score (nSPS) is 15.8. The molecule has 2 aliphatic rings. The molecule has 2 fully saturated rings. The highest BCUT2D eigenvalue weighted by molar-refractivity contribution is 6.07. The molecule has 3 amide bonds. The second kappa shape index (κ2) is 11.4. The van der Waals surface area contributed by atoms with Gasteiger partial charge in [-0.15, -0.1) is 0 Å². The number of piperazine rings is 2. The molecule has 0 saturated carbocycles. The molecule has 8 nitrogen and oxygen atoms in total. The number of halogens is 1. The fourth-order valence-electron chi connectivity index (χ4n) is 4.83. The zero-order valence-corrected chi connectivity index (χ0v) is 21.0. The van der Waals surface area contributed by atoms with Crippen LogP contribution in [0.25, 0.3) is 0 Å². The zero-order valence-electron chi connectivity index (χ0n) is 21.0. The lowest BCUT2D eigenvalue weighted by Gasteiger charge is -2.37. The summed E-state index contributed by atoms with van der Waals surface area (Å²) in [5.41, 5.74) is 2.54. The lowest BCUT2D eigenvalue weighted by Crippen LogP contribution is -2.49. The van der Waals surface area contributed by atoms with Gasteiger partial charge in [0.15, 0.2) is 0 Å². The molecule has 5 rings (SSSR count). The van der Waals surface area contributed by atoms with Crippen LogP contribution in [0.15, 0.2) is 72.8 Å². The van der Waals surface area contributed by atoms with Crippen LogP contribution in [0, 0.1) is 5.82 Å². The van der Waals surface area contributed by atoms with Gasteiger partial charge in [-0.2, -0.15) is 0 Å². The van der Waals surface area contributed by atoms with Crippen molar-refractivity contribution in [3.63, 3.8) is 0 Å². The molecule has 0 radical (unpaired) electrons. The Morgan fingerprint density at radius 2 is 1.34 bits per heavy atom. The van der Waals surface area contributed by atoms with Crippen molar-refractivity contribution in [2.45, 2.75) is 0 Å². The van der Waals surface area contributed by atoms with Crippen molar-refractivity contribution in [3.8, 4) is 0 Å². The van der Waals surface area contributed by atoms with Crippen molar-refractivity contribution in [1.82, 2.24) is 15.1 Å². The molecule has 2 heterocycles. The summed E-state index contributed by atoms with van der Waals surface area (Å²) >= 11 is 0. The minimum absolute atomic E-state index is 0.0122. The van der Waals surface area contributed by atoms with Crippen molar-refractivity contribution < 1.29 is 18.8 Å². The van der Waals surface area contributed by atoms with Crippen LogP contribution in [0.1, 0.15) is 31.1 Å². The Balaban J connectivity index is 1.37. The Bertz CT molecular complexity index is 1320. The molecule has 0 unspecified atom stereocenters. The summed E-state index contributed by atoms with van der Waals surface area (Å²) in [7, 11) is 0. The van der Waals surface area contributed by atoms with Crippen LogP contribution in [0.4, 0.5) is 15.8 Å². The molecule has 3 aromatic carbocycles. The first-order chi connectivity index (χ1) is 18.5. The summed E-state index contributed by atoms with van der Waals surface area (Å²) in [5, 5.41) is 6.14. The molecule has 0 atom stereocenters. The number of amides is 3. The summed E-state index contributed by atoms with van der Waals surface area (Å²) < 4.78 is 13.8. The number of hydrogen-bond donors (Lipinski definition) is 2. The van der Waals surface area contributed by atoms with E-state index < -0.39 is 11.7 Å². The summed E-state index contributed by atoms with van der Waals surface area (Å²) in [6.07, 6.45) is 0. The van der Waals surface area contributed by atoms with Crippen LogP contribution in [-0.4, -0.2) is 79.9 Å². The van der Waals surface area contributed by atoms with Gasteiger partial charge >= 0.3 is 0 Å². The number of hydrogen-bond acceptors (Lipinski definition) is 5. The smallest absolute Gasteiger partial charge is 0.255 e. The predicted octanol–water partition coefficient (Wildman–Crippen LogP) is 3.09. The highest BCUT2D eigenvalue weighted by Gasteiger charge is 2.26. The third-order valence-electron chi connectivity index (χ3n) is 6.91. The van der Waals surface area contributed by atoms with Crippen LogP contribution in [0.3, 0.4) is 0 Å². The lowest BCUT2D eigenvalue weighted by molar-refractivity contribution is 0.0731. The average molecular weight is 516 g/mol. The molecule has 2 saturated heterocycles. The van der Waals surface area contributed by atoms with E-state index in [9.17, 15) is 18.8 Å². The average Bonchev–Trinajstić information content (AvgIpc) is 2.97. The van der Waals surface area contributed by atoms with Crippen LogP contribution < -0.4 is 15.5 Å². The maximum atomic E-state index is 13.8. The summed E-state index contributed by atoms with van der Waals surface area (Å²) in [5.74, 6) is -1.07. The number of nitrogens with one attached hydrogen (secondary N) is 2. The maximum Gasteiger partial charge on any atom is 0.255 e. The van der Waals surface area contributed by atoms with Gasteiger partial charge in [-0.05, 0) is 48.5 Å². The number of benzene rings is 3. The number of rotatable bonds is 5. The molecular weight excluding hydrogens is 485 g/mol. The van der Waals surface area contributed by atoms with E-state index in [0.717, 1.165) is 18.8 Å². The van der Waals surface area contributed by atoms with E-state index >= 15 is 0 Å². The van der Waals surface area contributed by atoms with E-state index in [2.05, 4.69) is 15.5 Å². The molecule has 9 heteroatoms. The van der Waals surface area contributed by atoms with Gasteiger partial charge in [0.05, 0.1) is 11.4 Å². The highest BCUT2D eigenvalue weighted by Crippen LogP contribution is 2.30. The van der Waals surface area contributed by atoms with Gasteiger partial charge in [0.1, 0.15) is 5.82 Å². The van der Waals surface area contributed by atoms with Gasteiger partial charge < -0.3 is 25.3 Å². The van der Waals surface area contributed by atoms with Gasteiger partial charge in [0.25, 0.3) is 17.7 Å². The van der Waals surface area contributed by atoms with Crippen molar-refractivity contribution in [2.24, 2.45) is 0 Å². The summed E-state index contributed by atoms with van der Waals surface area (Å²) in [4.78, 5) is 44.8. The monoisotopic (exact) mass is 515 g/mol. The van der Waals surface area contributed by atoms with E-state index in [1.54, 1.807) is 23.1 Å². The van der Waals surface area contributed by atoms with Crippen molar-refractivity contribution in [1.29, 1.82) is 0 Å². The molecule has 2 aliphatic heterocycles. The molecule has 0 spiro atoms. The Hall–Kier alpha value is -4.24. The molecule has 0 aliphatic carbocycles. The Morgan fingerprint density at radius 1 is 0.684 bits per heavy atom. The zero-order chi connectivity index (χ0) is 26.5. The lowest BCUT2D eigenvalue weighted by atomic mass is 10.1. The highest BCUT2D eigenvalue weighted by atomic mass is 19.1. The van der Waals surface area contributed by atoms with E-state index in [4.69, 9.17) is 0 Å². The van der Waals surface area contributed by atoms with E-state index in [1.807, 2.05) is 41.3 Å². The van der Waals surface area contributed by atoms with Crippen LogP contribution >= 0.6 is 0 Å². The Labute approximate surface area is 221 Å². The van der Waals surface area contributed by atoms with Crippen molar-refractivity contribution in [2.75, 3.05) is 62.6 Å². The van der Waals surface area contributed by atoms with Gasteiger partial charge in [-0.25, -0.2) is 4.39 Å². The molecular formula is C29H30FN5O3. The van der Waals surface area contributed by atoms with Gasteiger partial charge in [-0.1, -0.05) is 24.3 Å². The van der Waals surface area contributed by atoms with Gasteiger partial charge in [0.2, 0.25) is 0 Å². The predicted molar refractivity (Wildman–Crippen MR) is 144 cm³/mol. The second-order valence-electron chi connectivity index (χ2n) is 9.38. The third-order valence-corrected chi connectivity index (χ3v) is 6.91. The van der Waals surface area contributed by atoms with Crippen LogP contribution in [0.5, 0.6) is 0 Å². The summed E-state index contributed by atoms with van der Waals surface area (Å²) in [6.45, 7) is 4.86. The number of carbonyl (C=O) groups excluding carboxylic acids is 3. The Kier molecular flexibility index (Phi) is 7.65. The number of nitrogens with zero attached hydrogens (tertiary/aromatic N) is 3. The SMILES string of the molecule is O=C(Nc1cc(C(=O)N2CCNCC2)ccc1N1CCN(C(=O)c2ccccc2)CC1)c1cccc(F)c1. The Morgan fingerprint density at radius 3 is 2.05 bits per heavy atom. The molecule has 0 bridgehead atoms. The number of carbonyl (C=O) groups is 3. The quantitative estimate of drug-likeness (QED) is 0.546. The third kappa shape index (κ3) is 5.68. The topological polar surface area (TPSA) is 85.0 Å². The molecule has 38 heavy (non-hydrogen) atoms. The first-order valence-electron chi connectivity index (χ1n) is 12.8. The molecule has 2 N–H and O–H groups in total. The van der Waals surface area contributed by atoms with Crippen LogP contribution in [0.2, 0.25) is 0 Å². The van der Waals surface area contributed by atoms with E-state index in [-0.39, 0.29) is 17.4 Å². The first-order valence-corrected chi connectivity index (χ1v) is 12.8. The first kappa shape index (κ1) is 25.4. The molecule has 0 aromatic heterocycles. The van der Waals surface area contributed by atoms with Crippen molar-refractivity contribution in [3.05, 3.63) is 95.3 Å². The van der Waals surface area contributed by atoms with E-state index in [0.29, 0.717) is 56.1 Å². The minimum Gasteiger partial charge on any atom is -0.366 e. The van der Waals surface area contributed by atoms with Crippen LogP contribution in [-0.2, 0) is 0 Å². The summed E-state index contributed by atoms with van der Waals surface area (Å²) in [6, 6.07) is 20.0. The standard InChI is InChI=1S/C29H30FN5O3/c30-24-8-4-7-22(19-24)27(36)32-25-20-23(29(38)34-13-11-31-12-14-34)9-10-26(25)33-15-17-35(18-16-33)28(37)21-5-2-1-3-6-21/h1-10,19-20,31H,11-18H2,(H,32,36). The second-order valence-corrected chi connectivity index (χ2v) is 9.38. The van der Waals surface area contributed by atoms with Crippen molar-refractivity contribution >= 4 is 29.1 Å². The maximum absolute atomic E-state index is 13.8. The van der Waals surface area contributed by atoms with Gasteiger partial charge in [-0.3, -0.25) is 14.4 Å². The molecule has 3 aromatic rings.